The third-order valence-electron chi connectivity index (χ3n) is 5.76. The Morgan fingerprint density at radius 3 is 2.74 bits per heavy atom. The Balaban J connectivity index is 1.32. The molecule has 7 heteroatoms. The van der Waals surface area contributed by atoms with Gasteiger partial charge < -0.3 is 14.8 Å². The molecule has 0 aliphatic carbocycles. The van der Waals surface area contributed by atoms with Crippen LogP contribution >= 0.6 is 12.2 Å². The van der Waals surface area contributed by atoms with Crippen molar-refractivity contribution >= 4 is 23.8 Å². The molecule has 0 radical (unpaired) electrons. The van der Waals surface area contributed by atoms with Crippen molar-refractivity contribution < 1.29 is 9.69 Å². The van der Waals surface area contributed by atoms with E-state index in [1.165, 1.54) is 24.2 Å². The average molecular weight is 387 g/mol. The SMILES string of the molecule is O=C(Nc1ccccc1)C1CC[NH+](Cn2nc3n(c2=S)CCCCC3)CC1. The van der Waals surface area contributed by atoms with Crippen molar-refractivity contribution in [2.75, 3.05) is 18.4 Å². The highest BCUT2D eigenvalue weighted by molar-refractivity contribution is 7.71. The summed E-state index contributed by atoms with van der Waals surface area (Å²) >= 11 is 5.66. The minimum atomic E-state index is 0.0978. The zero-order valence-corrected chi connectivity index (χ0v) is 16.5. The van der Waals surface area contributed by atoms with E-state index >= 15 is 0 Å². The van der Waals surface area contributed by atoms with Crippen LogP contribution in [0.3, 0.4) is 0 Å². The third kappa shape index (κ3) is 4.30. The van der Waals surface area contributed by atoms with Gasteiger partial charge in [-0.05, 0) is 37.2 Å². The van der Waals surface area contributed by atoms with E-state index in [0.717, 1.165) is 61.8 Å². The van der Waals surface area contributed by atoms with Crippen LogP contribution in [-0.4, -0.2) is 33.3 Å². The van der Waals surface area contributed by atoms with Crippen molar-refractivity contribution in [1.29, 1.82) is 0 Å². The minimum Gasteiger partial charge on any atom is -0.326 e. The fourth-order valence-electron chi connectivity index (χ4n) is 4.15. The van der Waals surface area contributed by atoms with E-state index in [4.69, 9.17) is 17.3 Å². The van der Waals surface area contributed by atoms with Crippen molar-refractivity contribution in [2.24, 2.45) is 5.92 Å². The van der Waals surface area contributed by atoms with Gasteiger partial charge in [0.1, 0.15) is 5.82 Å². The summed E-state index contributed by atoms with van der Waals surface area (Å²) in [4.78, 5) is 14.0. The van der Waals surface area contributed by atoms with Crippen LogP contribution in [0.25, 0.3) is 0 Å². The predicted molar refractivity (Wildman–Crippen MR) is 107 cm³/mol. The number of nitrogens with one attached hydrogen (secondary N) is 2. The van der Waals surface area contributed by atoms with Gasteiger partial charge in [0.05, 0.1) is 13.1 Å². The molecule has 27 heavy (non-hydrogen) atoms. The van der Waals surface area contributed by atoms with Crippen LogP contribution in [0.5, 0.6) is 0 Å². The van der Waals surface area contributed by atoms with Gasteiger partial charge in [0, 0.05) is 37.4 Å². The fourth-order valence-corrected chi connectivity index (χ4v) is 4.45. The van der Waals surface area contributed by atoms with E-state index < -0.39 is 0 Å². The summed E-state index contributed by atoms with van der Waals surface area (Å²) in [6.45, 7) is 3.78. The summed E-state index contributed by atoms with van der Waals surface area (Å²) in [6, 6.07) is 9.71. The van der Waals surface area contributed by atoms with Crippen LogP contribution in [0.2, 0.25) is 0 Å². The number of nitrogens with zero attached hydrogens (tertiary/aromatic N) is 3. The largest absolute Gasteiger partial charge is 0.326 e. The van der Waals surface area contributed by atoms with E-state index in [1.807, 2.05) is 35.0 Å². The first kappa shape index (κ1) is 18.4. The topological polar surface area (TPSA) is 56.3 Å². The smallest absolute Gasteiger partial charge is 0.227 e. The quantitative estimate of drug-likeness (QED) is 0.791. The Morgan fingerprint density at radius 1 is 1.19 bits per heavy atom. The zero-order chi connectivity index (χ0) is 18.6. The fraction of sp³-hybridized carbons (Fsp3) is 0.550. The summed E-state index contributed by atoms with van der Waals surface area (Å²) < 4.78 is 5.10. The molecule has 0 spiro atoms. The van der Waals surface area contributed by atoms with Crippen LogP contribution in [-0.2, 0) is 24.4 Å². The molecule has 6 nitrogen and oxygen atoms in total. The lowest BCUT2D eigenvalue weighted by molar-refractivity contribution is -0.928. The second-order valence-corrected chi connectivity index (χ2v) is 8.06. The molecule has 1 aromatic carbocycles. The second kappa shape index (κ2) is 8.35. The van der Waals surface area contributed by atoms with Crippen molar-refractivity contribution in [3.63, 3.8) is 0 Å². The number of aryl methyl sites for hydroxylation is 1. The minimum absolute atomic E-state index is 0.0978. The van der Waals surface area contributed by atoms with Crippen LogP contribution < -0.4 is 10.2 Å². The first-order valence-electron chi connectivity index (χ1n) is 10.1. The number of hydrogen-bond acceptors (Lipinski definition) is 3. The number of aromatic nitrogens is 3. The maximum Gasteiger partial charge on any atom is 0.227 e. The molecule has 0 atom stereocenters. The Morgan fingerprint density at radius 2 is 1.96 bits per heavy atom. The highest BCUT2D eigenvalue weighted by atomic mass is 32.1. The van der Waals surface area contributed by atoms with Gasteiger partial charge in [-0.1, -0.05) is 24.6 Å². The number of anilines is 1. The van der Waals surface area contributed by atoms with Gasteiger partial charge in [0.15, 0.2) is 6.67 Å². The van der Waals surface area contributed by atoms with Crippen LogP contribution in [0.1, 0.15) is 37.9 Å². The van der Waals surface area contributed by atoms with Crippen LogP contribution in [0, 0.1) is 10.7 Å². The molecule has 1 fully saturated rings. The number of benzene rings is 1. The molecule has 2 aliphatic rings. The van der Waals surface area contributed by atoms with Crippen molar-refractivity contribution in [2.45, 2.75) is 51.7 Å². The van der Waals surface area contributed by atoms with E-state index in [-0.39, 0.29) is 11.8 Å². The molecule has 0 unspecified atom stereocenters. The Bertz CT molecular complexity index is 836. The lowest BCUT2D eigenvalue weighted by atomic mass is 9.96. The number of quaternary nitrogens is 1. The molecule has 144 valence electrons. The predicted octanol–water partition coefficient (Wildman–Crippen LogP) is 2.03. The number of likely N-dealkylation sites (tertiary alicyclic amines) is 1. The molecule has 1 aromatic heterocycles. The van der Waals surface area contributed by atoms with E-state index in [9.17, 15) is 4.79 Å². The monoisotopic (exact) mass is 386 g/mol. The maximum absolute atomic E-state index is 12.5. The molecule has 3 heterocycles. The first-order chi connectivity index (χ1) is 13.2. The van der Waals surface area contributed by atoms with E-state index in [1.54, 1.807) is 0 Å². The highest BCUT2D eigenvalue weighted by Crippen LogP contribution is 2.15. The van der Waals surface area contributed by atoms with Gasteiger partial charge in [0.2, 0.25) is 10.7 Å². The summed E-state index contributed by atoms with van der Waals surface area (Å²) in [5.41, 5.74) is 0.878. The average Bonchev–Trinajstić information content (AvgIpc) is 2.86. The van der Waals surface area contributed by atoms with Gasteiger partial charge >= 0.3 is 0 Å². The standard InChI is InChI=1S/C20H27N5OS/c26-19(21-17-7-3-1-4-8-17)16-10-13-23(14-11-16)15-25-20(27)24-12-6-2-5-9-18(24)22-25/h1,3-4,7-8,16H,2,5-6,9-15H2,(H,21,26)/p+1. The van der Waals surface area contributed by atoms with Crippen LogP contribution in [0.15, 0.2) is 30.3 Å². The zero-order valence-electron chi connectivity index (χ0n) is 15.7. The lowest BCUT2D eigenvalue weighted by Crippen LogP contribution is -3.12. The van der Waals surface area contributed by atoms with Crippen LogP contribution in [0.4, 0.5) is 5.69 Å². The number of amides is 1. The number of carbonyl (C=O) groups is 1. The Kier molecular flexibility index (Phi) is 5.69. The Labute approximate surface area is 165 Å². The Hall–Kier alpha value is -1.99. The molecule has 0 bridgehead atoms. The first-order valence-corrected chi connectivity index (χ1v) is 10.5. The third-order valence-corrected chi connectivity index (χ3v) is 6.19. The van der Waals surface area contributed by atoms with E-state index in [2.05, 4.69) is 9.88 Å². The summed E-state index contributed by atoms with van der Waals surface area (Å²) in [6.07, 6.45) is 6.53. The number of hydrogen-bond donors (Lipinski definition) is 2. The number of para-hydroxylation sites is 1. The highest BCUT2D eigenvalue weighted by Gasteiger charge is 2.28. The number of piperidine rings is 1. The maximum atomic E-state index is 12.5. The molecule has 2 N–H and O–H groups in total. The molecule has 2 aromatic rings. The molecular formula is C20H28N5OS+. The summed E-state index contributed by atoms with van der Waals surface area (Å²) in [5, 5.41) is 7.83. The second-order valence-electron chi connectivity index (χ2n) is 7.70. The van der Waals surface area contributed by atoms with Crippen molar-refractivity contribution in [3.8, 4) is 0 Å². The van der Waals surface area contributed by atoms with Crippen molar-refractivity contribution in [3.05, 3.63) is 40.9 Å². The van der Waals surface area contributed by atoms with E-state index in [0.29, 0.717) is 0 Å². The molecule has 0 saturated carbocycles. The molecule has 4 rings (SSSR count). The van der Waals surface area contributed by atoms with Crippen molar-refractivity contribution in [1.82, 2.24) is 14.3 Å². The molecule has 1 saturated heterocycles. The van der Waals surface area contributed by atoms with Gasteiger partial charge in [-0.15, -0.1) is 0 Å². The van der Waals surface area contributed by atoms with Gasteiger partial charge in [-0.25, -0.2) is 0 Å². The van der Waals surface area contributed by atoms with Gasteiger partial charge in [-0.3, -0.25) is 4.79 Å². The molecule has 1 amide bonds. The summed E-state index contributed by atoms with van der Waals surface area (Å²) in [7, 11) is 0. The normalized spacial score (nSPS) is 22.7. The lowest BCUT2D eigenvalue weighted by Gasteiger charge is -2.28. The molecular weight excluding hydrogens is 358 g/mol. The number of rotatable bonds is 4. The summed E-state index contributed by atoms with van der Waals surface area (Å²) in [5.74, 6) is 1.39. The number of carbonyl (C=O) groups excluding carboxylic acids is 1. The molecule has 2 aliphatic heterocycles. The van der Waals surface area contributed by atoms with Gasteiger partial charge in [-0.2, -0.15) is 9.78 Å². The van der Waals surface area contributed by atoms with Gasteiger partial charge in [0.25, 0.3) is 0 Å². The number of fused-ring (bicyclic) bond motifs is 1.